The van der Waals surface area contributed by atoms with E-state index in [2.05, 4.69) is 16.3 Å². The second kappa shape index (κ2) is 10.9. The van der Waals surface area contributed by atoms with Gasteiger partial charge in [0.1, 0.15) is 11.5 Å². The molecular formula is C30H27N7O4. The van der Waals surface area contributed by atoms with Crippen LogP contribution in [-0.4, -0.2) is 45.7 Å². The van der Waals surface area contributed by atoms with Gasteiger partial charge in [-0.15, -0.1) is 0 Å². The van der Waals surface area contributed by atoms with E-state index in [1.165, 1.54) is 19.1 Å². The Kier molecular flexibility index (Phi) is 7.14. The summed E-state index contributed by atoms with van der Waals surface area (Å²) in [6, 6.07) is 19.9. The molecular weight excluding hydrogens is 522 g/mol. The number of aryl methyl sites for hydroxylation is 1. The van der Waals surface area contributed by atoms with Crippen LogP contribution < -0.4 is 10.6 Å². The Balaban J connectivity index is 1.62. The molecule has 2 aromatic heterocycles. The minimum absolute atomic E-state index is 0.00409. The summed E-state index contributed by atoms with van der Waals surface area (Å²) in [6.45, 7) is 1.97. The quantitative estimate of drug-likeness (QED) is 0.358. The summed E-state index contributed by atoms with van der Waals surface area (Å²) in [5, 5.41) is 19.2. The summed E-state index contributed by atoms with van der Waals surface area (Å²) in [7, 11) is 4.30. The number of nitrogens with two attached hydrogens (primary N) is 1. The third kappa shape index (κ3) is 4.61. The summed E-state index contributed by atoms with van der Waals surface area (Å²) < 4.78 is 13.7. The third-order valence-electron chi connectivity index (χ3n) is 7.08. The number of carbonyl (C=O) groups is 2. The SMILES string of the molecule is COC(=O)C1=C(C(=O)OC)N(c2ccc(-n3ccc(-c4cnn(C)c4C)n3)cc2)C(N)=C(C#N)C1c1ccccc1. The zero-order chi connectivity index (χ0) is 29.3. The van der Waals surface area contributed by atoms with E-state index >= 15 is 0 Å². The number of ether oxygens (including phenoxy) is 2. The van der Waals surface area contributed by atoms with Crippen molar-refractivity contribution in [1.29, 1.82) is 5.26 Å². The smallest absolute Gasteiger partial charge is 0.355 e. The first-order chi connectivity index (χ1) is 19.8. The maximum absolute atomic E-state index is 13.2. The van der Waals surface area contributed by atoms with Gasteiger partial charge < -0.3 is 15.2 Å². The van der Waals surface area contributed by atoms with Crippen LogP contribution in [0.3, 0.4) is 0 Å². The maximum atomic E-state index is 13.2. The van der Waals surface area contributed by atoms with Crippen molar-refractivity contribution in [3.8, 4) is 23.0 Å². The molecule has 1 atom stereocenters. The van der Waals surface area contributed by atoms with Crippen LogP contribution in [0.2, 0.25) is 0 Å². The molecule has 1 aliphatic rings. The number of rotatable bonds is 6. The number of carbonyl (C=O) groups excluding carboxylic acids is 2. The lowest BCUT2D eigenvalue weighted by Crippen LogP contribution is -2.40. The van der Waals surface area contributed by atoms with Crippen LogP contribution in [0.15, 0.2) is 95.7 Å². The highest BCUT2D eigenvalue weighted by Gasteiger charge is 2.43. The molecule has 11 nitrogen and oxygen atoms in total. The third-order valence-corrected chi connectivity index (χ3v) is 7.08. The molecule has 0 saturated carbocycles. The highest BCUT2D eigenvalue weighted by molar-refractivity contribution is 6.06. The Morgan fingerprint density at radius 3 is 2.22 bits per heavy atom. The summed E-state index contributed by atoms with van der Waals surface area (Å²) in [5.74, 6) is -2.53. The number of benzene rings is 2. The van der Waals surface area contributed by atoms with Gasteiger partial charge in [-0.2, -0.15) is 15.5 Å². The van der Waals surface area contributed by atoms with Gasteiger partial charge in [0.05, 0.1) is 54.9 Å². The van der Waals surface area contributed by atoms with Crippen molar-refractivity contribution in [1.82, 2.24) is 19.6 Å². The van der Waals surface area contributed by atoms with Crippen molar-refractivity contribution in [3.63, 3.8) is 0 Å². The summed E-state index contributed by atoms with van der Waals surface area (Å²) in [6.07, 6.45) is 3.60. The minimum atomic E-state index is -0.934. The van der Waals surface area contributed by atoms with Gasteiger partial charge in [0.25, 0.3) is 0 Å². The largest absolute Gasteiger partial charge is 0.466 e. The molecule has 0 saturated heterocycles. The standard InChI is InChI=1S/C30H27N7O4/c1-18-23(17-33-35(18)2)24-14-15-36(34-24)20-10-12-21(13-11-20)37-27(30(39)41-4)26(29(38)40-3)25(22(16-31)28(37)32)19-8-6-5-7-9-19/h5-15,17,25H,32H2,1-4H3. The van der Waals surface area contributed by atoms with Crippen LogP contribution in [-0.2, 0) is 26.1 Å². The summed E-state index contributed by atoms with van der Waals surface area (Å²) in [5.41, 5.74) is 10.9. The Hall–Kier alpha value is -5.63. The molecule has 3 heterocycles. The minimum Gasteiger partial charge on any atom is -0.466 e. The Morgan fingerprint density at radius 1 is 0.976 bits per heavy atom. The number of methoxy groups -OCH3 is 2. The number of hydrogen-bond acceptors (Lipinski definition) is 9. The highest BCUT2D eigenvalue weighted by Crippen LogP contribution is 2.43. The molecule has 0 aliphatic carbocycles. The van der Waals surface area contributed by atoms with Crippen LogP contribution in [0.4, 0.5) is 5.69 Å². The molecule has 41 heavy (non-hydrogen) atoms. The van der Waals surface area contributed by atoms with Crippen molar-refractivity contribution in [2.75, 3.05) is 19.1 Å². The number of allylic oxidation sites excluding steroid dienone is 1. The molecule has 1 unspecified atom stereocenters. The van der Waals surface area contributed by atoms with Crippen molar-refractivity contribution >= 4 is 17.6 Å². The van der Waals surface area contributed by atoms with Crippen LogP contribution >= 0.6 is 0 Å². The van der Waals surface area contributed by atoms with Crippen molar-refractivity contribution in [2.24, 2.45) is 12.8 Å². The van der Waals surface area contributed by atoms with Crippen molar-refractivity contribution in [2.45, 2.75) is 12.8 Å². The lowest BCUT2D eigenvalue weighted by molar-refractivity contribution is -0.139. The van der Waals surface area contributed by atoms with Gasteiger partial charge in [0, 0.05) is 30.2 Å². The first kappa shape index (κ1) is 27.0. The van der Waals surface area contributed by atoms with Gasteiger partial charge in [-0.05, 0) is 42.8 Å². The normalized spacial score (nSPS) is 15.1. The maximum Gasteiger partial charge on any atom is 0.355 e. The van der Waals surface area contributed by atoms with Crippen LogP contribution in [0.25, 0.3) is 16.9 Å². The molecule has 2 N–H and O–H groups in total. The first-order valence-electron chi connectivity index (χ1n) is 12.6. The van der Waals surface area contributed by atoms with E-state index in [1.54, 1.807) is 64.1 Å². The average Bonchev–Trinajstić information content (AvgIpc) is 3.62. The van der Waals surface area contributed by atoms with Gasteiger partial charge in [0.15, 0.2) is 0 Å². The van der Waals surface area contributed by atoms with Crippen LogP contribution in [0.1, 0.15) is 17.2 Å². The second-order valence-corrected chi connectivity index (χ2v) is 9.26. The Morgan fingerprint density at radius 2 is 1.63 bits per heavy atom. The zero-order valence-corrected chi connectivity index (χ0v) is 22.9. The Bertz CT molecular complexity index is 1740. The molecule has 0 fully saturated rings. The van der Waals surface area contributed by atoms with Crippen LogP contribution in [0.5, 0.6) is 0 Å². The van der Waals surface area contributed by atoms with E-state index < -0.39 is 17.9 Å². The molecule has 0 amide bonds. The average molecular weight is 550 g/mol. The van der Waals surface area contributed by atoms with Gasteiger partial charge in [0.2, 0.25) is 0 Å². The zero-order valence-electron chi connectivity index (χ0n) is 22.9. The van der Waals surface area contributed by atoms with Gasteiger partial charge in [-0.25, -0.2) is 14.3 Å². The van der Waals surface area contributed by atoms with E-state index in [0.717, 1.165) is 22.6 Å². The molecule has 0 bridgehead atoms. The molecule has 5 rings (SSSR count). The van der Waals surface area contributed by atoms with E-state index in [1.807, 2.05) is 32.3 Å². The fourth-order valence-electron chi connectivity index (χ4n) is 4.90. The predicted molar refractivity (Wildman–Crippen MR) is 150 cm³/mol. The number of aromatic nitrogens is 4. The Labute approximate surface area is 236 Å². The van der Waals surface area contributed by atoms with E-state index in [4.69, 9.17) is 15.2 Å². The van der Waals surface area contributed by atoms with E-state index in [-0.39, 0.29) is 22.7 Å². The lowest BCUT2D eigenvalue weighted by atomic mass is 9.81. The van der Waals surface area contributed by atoms with E-state index in [9.17, 15) is 14.9 Å². The number of hydrogen-bond donors (Lipinski definition) is 1. The highest BCUT2D eigenvalue weighted by atomic mass is 16.5. The summed E-state index contributed by atoms with van der Waals surface area (Å²) in [4.78, 5) is 27.8. The predicted octanol–water partition coefficient (Wildman–Crippen LogP) is 3.48. The summed E-state index contributed by atoms with van der Waals surface area (Å²) >= 11 is 0. The first-order valence-corrected chi connectivity index (χ1v) is 12.6. The number of nitriles is 1. The number of esters is 2. The van der Waals surface area contributed by atoms with Gasteiger partial charge in [-0.1, -0.05) is 30.3 Å². The molecule has 1 aliphatic heterocycles. The molecule has 0 spiro atoms. The molecule has 11 heteroatoms. The molecule has 0 radical (unpaired) electrons. The number of nitrogens with zero attached hydrogens (tertiary/aromatic N) is 6. The van der Waals surface area contributed by atoms with Gasteiger partial charge in [-0.3, -0.25) is 9.58 Å². The lowest BCUT2D eigenvalue weighted by Gasteiger charge is -2.35. The van der Waals surface area contributed by atoms with Gasteiger partial charge >= 0.3 is 11.9 Å². The molecule has 206 valence electrons. The second-order valence-electron chi connectivity index (χ2n) is 9.26. The number of anilines is 1. The van der Waals surface area contributed by atoms with E-state index in [0.29, 0.717) is 11.3 Å². The fourth-order valence-corrected chi connectivity index (χ4v) is 4.90. The van der Waals surface area contributed by atoms with Crippen LogP contribution in [0, 0.1) is 18.3 Å². The molecule has 4 aromatic rings. The molecule has 2 aromatic carbocycles. The monoisotopic (exact) mass is 549 g/mol. The van der Waals surface area contributed by atoms with Crippen molar-refractivity contribution in [3.05, 3.63) is 107 Å². The topological polar surface area (TPSA) is 141 Å². The fraction of sp³-hybridized carbons (Fsp3) is 0.167. The van der Waals surface area contributed by atoms with Crippen molar-refractivity contribution < 1.29 is 19.1 Å².